The van der Waals surface area contributed by atoms with E-state index in [1.165, 1.54) is 0 Å². The minimum atomic E-state index is -0.138. The Morgan fingerprint density at radius 3 is 2.33 bits per heavy atom. The molecule has 0 saturated carbocycles. The predicted octanol–water partition coefficient (Wildman–Crippen LogP) is 4.81. The average molecular weight is 360 g/mol. The van der Waals surface area contributed by atoms with Gasteiger partial charge in [0, 0.05) is 23.6 Å². The van der Waals surface area contributed by atoms with E-state index in [0.29, 0.717) is 18.2 Å². The predicted molar refractivity (Wildman–Crippen MR) is 110 cm³/mol. The van der Waals surface area contributed by atoms with E-state index in [-0.39, 0.29) is 5.91 Å². The van der Waals surface area contributed by atoms with E-state index >= 15 is 0 Å². The number of nitrogens with one attached hydrogen (secondary N) is 1. The second-order valence-electron chi connectivity index (χ2n) is 6.60. The smallest absolute Gasteiger partial charge is 0.277 e. The second-order valence-corrected chi connectivity index (χ2v) is 6.60. The Morgan fingerprint density at radius 2 is 1.67 bits per heavy atom. The zero-order chi connectivity index (χ0) is 19.4. The Balaban J connectivity index is 1.91. The minimum Gasteiger partial charge on any atom is -0.324 e. The Labute approximate surface area is 160 Å². The fourth-order valence-electron chi connectivity index (χ4n) is 2.96. The fourth-order valence-corrected chi connectivity index (χ4v) is 2.96. The summed E-state index contributed by atoms with van der Waals surface area (Å²) in [6.45, 7) is 8.42. The van der Waals surface area contributed by atoms with Gasteiger partial charge in [0.15, 0.2) is 0 Å². The molecule has 2 aromatic carbocycles. The van der Waals surface area contributed by atoms with Gasteiger partial charge in [-0.1, -0.05) is 24.3 Å². The zero-order valence-electron chi connectivity index (χ0n) is 16.2. The Morgan fingerprint density at radius 1 is 0.963 bits per heavy atom. The molecular weight excluding hydrogens is 336 g/mol. The molecule has 5 nitrogen and oxygen atoms in total. The van der Waals surface area contributed by atoms with Gasteiger partial charge >= 0.3 is 0 Å². The molecule has 0 spiro atoms. The van der Waals surface area contributed by atoms with Crippen molar-refractivity contribution in [2.24, 2.45) is 0 Å². The number of aromatic nitrogens is 2. The maximum absolute atomic E-state index is 13.1. The van der Waals surface area contributed by atoms with Crippen LogP contribution in [0.5, 0.6) is 0 Å². The zero-order valence-corrected chi connectivity index (χ0v) is 16.2. The van der Waals surface area contributed by atoms with Crippen LogP contribution in [0.4, 0.5) is 17.3 Å². The highest BCUT2D eigenvalue weighted by molar-refractivity contribution is 6.05. The topological polar surface area (TPSA) is 58.1 Å². The van der Waals surface area contributed by atoms with E-state index in [1.807, 2.05) is 76.2 Å². The molecular formula is C22H24N4O. The van der Waals surface area contributed by atoms with Gasteiger partial charge in [-0.2, -0.15) is 0 Å². The molecule has 5 heteroatoms. The Bertz CT molecular complexity index is 968. The van der Waals surface area contributed by atoms with Crippen LogP contribution in [0.1, 0.15) is 34.2 Å². The summed E-state index contributed by atoms with van der Waals surface area (Å²) in [5.74, 6) is 0.283. The van der Waals surface area contributed by atoms with E-state index in [9.17, 15) is 4.79 Å². The van der Waals surface area contributed by atoms with Crippen LogP contribution in [0.3, 0.4) is 0 Å². The molecule has 1 aromatic heterocycles. The second kappa shape index (κ2) is 7.99. The molecule has 0 aliphatic carbocycles. The summed E-state index contributed by atoms with van der Waals surface area (Å²) < 4.78 is 0. The third kappa shape index (κ3) is 4.50. The molecule has 1 heterocycles. The van der Waals surface area contributed by atoms with E-state index in [1.54, 1.807) is 11.0 Å². The lowest BCUT2D eigenvalue weighted by Gasteiger charge is -2.21. The van der Waals surface area contributed by atoms with Crippen LogP contribution in [-0.4, -0.2) is 22.4 Å². The maximum atomic E-state index is 13.1. The van der Waals surface area contributed by atoms with Crippen molar-refractivity contribution in [1.29, 1.82) is 0 Å². The van der Waals surface area contributed by atoms with Gasteiger partial charge in [0.05, 0.1) is 0 Å². The highest BCUT2D eigenvalue weighted by atomic mass is 16.2. The summed E-state index contributed by atoms with van der Waals surface area (Å²) in [5.41, 5.74) is 5.13. The molecule has 1 N–H and O–H groups in total. The molecule has 0 saturated heterocycles. The van der Waals surface area contributed by atoms with Crippen molar-refractivity contribution < 1.29 is 4.79 Å². The minimum absolute atomic E-state index is 0.138. The largest absolute Gasteiger partial charge is 0.324 e. The first kappa shape index (κ1) is 18.6. The Kier molecular flexibility index (Phi) is 5.50. The van der Waals surface area contributed by atoms with Crippen molar-refractivity contribution in [2.75, 3.05) is 16.8 Å². The summed E-state index contributed by atoms with van der Waals surface area (Å²) in [5, 5.41) is 3.19. The van der Waals surface area contributed by atoms with E-state index < -0.39 is 0 Å². The summed E-state index contributed by atoms with van der Waals surface area (Å²) in [6, 6.07) is 17.6. The molecule has 0 unspecified atom stereocenters. The van der Waals surface area contributed by atoms with Gasteiger partial charge in [-0.05, 0) is 69.2 Å². The van der Waals surface area contributed by atoms with Crippen molar-refractivity contribution in [1.82, 2.24) is 9.97 Å². The van der Waals surface area contributed by atoms with Crippen LogP contribution in [0.15, 0.2) is 54.6 Å². The third-order valence-electron chi connectivity index (χ3n) is 4.22. The van der Waals surface area contributed by atoms with Crippen LogP contribution >= 0.6 is 0 Å². The summed E-state index contributed by atoms with van der Waals surface area (Å²) in [7, 11) is 0. The molecule has 1 amide bonds. The van der Waals surface area contributed by atoms with Gasteiger partial charge in [0.2, 0.25) is 5.95 Å². The number of aryl methyl sites for hydroxylation is 3. The first-order valence-corrected chi connectivity index (χ1v) is 9.04. The Hall–Kier alpha value is -3.21. The SMILES string of the molecule is CCN(C(=O)c1cc(C)nc(Nc2cccc(C)c2)n1)c1cccc(C)c1. The number of nitrogens with zero attached hydrogens (tertiary/aromatic N) is 3. The number of benzene rings is 2. The highest BCUT2D eigenvalue weighted by Crippen LogP contribution is 2.20. The normalized spacial score (nSPS) is 10.5. The molecule has 0 aliphatic rings. The van der Waals surface area contributed by atoms with Crippen molar-refractivity contribution >= 4 is 23.2 Å². The molecule has 0 bridgehead atoms. The van der Waals surface area contributed by atoms with Crippen molar-refractivity contribution in [3.05, 3.63) is 77.1 Å². The van der Waals surface area contributed by atoms with Crippen LogP contribution in [-0.2, 0) is 0 Å². The third-order valence-corrected chi connectivity index (χ3v) is 4.22. The molecule has 3 aromatic rings. The number of hydrogen-bond donors (Lipinski definition) is 1. The lowest BCUT2D eigenvalue weighted by Crippen LogP contribution is -2.31. The first-order valence-electron chi connectivity index (χ1n) is 9.04. The van der Waals surface area contributed by atoms with Crippen molar-refractivity contribution in [2.45, 2.75) is 27.7 Å². The van der Waals surface area contributed by atoms with Gasteiger partial charge in [-0.15, -0.1) is 0 Å². The summed E-state index contributed by atoms with van der Waals surface area (Å²) >= 11 is 0. The molecule has 27 heavy (non-hydrogen) atoms. The quantitative estimate of drug-likeness (QED) is 0.709. The number of carbonyl (C=O) groups is 1. The standard InChI is InChI=1S/C22H24N4O/c1-5-26(19-11-7-9-16(3)13-19)21(27)20-14-17(4)23-22(25-20)24-18-10-6-8-15(2)12-18/h6-14H,5H2,1-4H3,(H,23,24,25). The number of carbonyl (C=O) groups excluding carboxylic acids is 1. The van der Waals surface area contributed by atoms with Crippen LogP contribution in [0.2, 0.25) is 0 Å². The molecule has 0 aliphatic heterocycles. The van der Waals surface area contributed by atoms with Gasteiger partial charge in [-0.25, -0.2) is 9.97 Å². The van der Waals surface area contributed by atoms with Gasteiger partial charge in [0.1, 0.15) is 5.69 Å². The maximum Gasteiger partial charge on any atom is 0.277 e. The van der Waals surface area contributed by atoms with Crippen LogP contribution < -0.4 is 10.2 Å². The number of rotatable bonds is 5. The molecule has 0 atom stereocenters. The lowest BCUT2D eigenvalue weighted by atomic mass is 10.2. The molecule has 0 fully saturated rings. The monoisotopic (exact) mass is 360 g/mol. The van der Waals surface area contributed by atoms with Crippen molar-refractivity contribution in [3.63, 3.8) is 0 Å². The lowest BCUT2D eigenvalue weighted by molar-refractivity contribution is 0.0983. The van der Waals surface area contributed by atoms with Gasteiger partial charge in [-0.3, -0.25) is 4.79 Å². The van der Waals surface area contributed by atoms with Crippen LogP contribution in [0.25, 0.3) is 0 Å². The molecule has 0 radical (unpaired) electrons. The van der Waals surface area contributed by atoms with E-state index in [2.05, 4.69) is 15.3 Å². The van der Waals surface area contributed by atoms with Crippen molar-refractivity contribution in [3.8, 4) is 0 Å². The number of amides is 1. The number of hydrogen-bond acceptors (Lipinski definition) is 4. The fraction of sp³-hybridized carbons (Fsp3) is 0.227. The van der Waals surface area contributed by atoms with Crippen LogP contribution in [0, 0.1) is 20.8 Å². The van der Waals surface area contributed by atoms with Gasteiger partial charge < -0.3 is 10.2 Å². The molecule has 3 rings (SSSR count). The highest BCUT2D eigenvalue weighted by Gasteiger charge is 2.19. The summed E-state index contributed by atoms with van der Waals surface area (Å²) in [6.07, 6.45) is 0. The van der Waals surface area contributed by atoms with E-state index in [0.717, 1.165) is 28.2 Å². The average Bonchev–Trinajstić information content (AvgIpc) is 2.62. The van der Waals surface area contributed by atoms with E-state index in [4.69, 9.17) is 0 Å². The number of anilines is 3. The molecule has 138 valence electrons. The van der Waals surface area contributed by atoms with Gasteiger partial charge in [0.25, 0.3) is 5.91 Å². The summed E-state index contributed by atoms with van der Waals surface area (Å²) in [4.78, 5) is 23.7. The first-order chi connectivity index (χ1) is 13.0.